The van der Waals surface area contributed by atoms with E-state index in [0.717, 1.165) is 24.8 Å². The Morgan fingerprint density at radius 3 is 3.11 bits per heavy atom. The van der Waals surface area contributed by atoms with Gasteiger partial charge in [-0.15, -0.1) is 11.3 Å². The van der Waals surface area contributed by atoms with E-state index in [9.17, 15) is 5.11 Å². The molecule has 1 atom stereocenters. The molecule has 0 saturated carbocycles. The Balaban J connectivity index is 1.87. The first-order valence-corrected chi connectivity index (χ1v) is 7.57. The number of aliphatic hydroxyl groups excluding tert-OH is 1. The molecule has 1 N–H and O–H groups in total. The molecular weight excluding hydrogens is 254 g/mol. The van der Waals surface area contributed by atoms with Crippen molar-refractivity contribution in [3.63, 3.8) is 0 Å². The van der Waals surface area contributed by atoms with E-state index in [1.54, 1.807) is 11.3 Å². The normalized spacial score (nSPS) is 18.7. The van der Waals surface area contributed by atoms with Gasteiger partial charge < -0.3 is 9.67 Å². The van der Waals surface area contributed by atoms with Crippen LogP contribution in [0.4, 0.5) is 0 Å². The summed E-state index contributed by atoms with van der Waals surface area (Å²) in [6.45, 7) is 0. The molecule has 0 bridgehead atoms. The highest BCUT2D eigenvalue weighted by molar-refractivity contribution is 7.17. The molecule has 0 aliphatic heterocycles. The van der Waals surface area contributed by atoms with Gasteiger partial charge in [-0.25, -0.2) is 0 Å². The number of hydrogen-bond donors (Lipinski definition) is 1. The minimum Gasteiger partial charge on any atom is -0.388 e. The molecule has 0 saturated heterocycles. The van der Waals surface area contributed by atoms with Gasteiger partial charge in [0, 0.05) is 27.8 Å². The molecule has 4 rings (SSSR count). The lowest BCUT2D eigenvalue weighted by Crippen LogP contribution is -2.10. The van der Waals surface area contributed by atoms with Crippen molar-refractivity contribution in [1.29, 1.82) is 0 Å². The SMILES string of the molecule is OC1CCCc2c1ccn2-c1ccc2sccc2c1. The van der Waals surface area contributed by atoms with E-state index >= 15 is 0 Å². The van der Waals surface area contributed by atoms with Crippen LogP contribution >= 0.6 is 11.3 Å². The quantitative estimate of drug-likeness (QED) is 0.708. The highest BCUT2D eigenvalue weighted by Gasteiger charge is 2.21. The number of fused-ring (bicyclic) bond motifs is 2. The molecule has 3 heteroatoms. The standard InChI is InChI=1S/C16H15NOS/c18-15-3-1-2-14-13(15)6-8-17(14)12-4-5-16-11(10-12)7-9-19-16/h4-10,15,18H,1-3H2. The lowest BCUT2D eigenvalue weighted by atomic mass is 9.95. The predicted octanol–water partition coefficient (Wildman–Crippen LogP) is 4.06. The molecule has 96 valence electrons. The summed E-state index contributed by atoms with van der Waals surface area (Å²) >= 11 is 1.77. The van der Waals surface area contributed by atoms with E-state index < -0.39 is 0 Å². The van der Waals surface area contributed by atoms with Crippen molar-refractivity contribution >= 4 is 21.4 Å². The summed E-state index contributed by atoms with van der Waals surface area (Å²) in [5, 5.41) is 13.5. The van der Waals surface area contributed by atoms with Gasteiger partial charge in [0.1, 0.15) is 0 Å². The van der Waals surface area contributed by atoms with Crippen LogP contribution in [-0.2, 0) is 6.42 Å². The largest absolute Gasteiger partial charge is 0.388 e. The van der Waals surface area contributed by atoms with Crippen LogP contribution in [-0.4, -0.2) is 9.67 Å². The van der Waals surface area contributed by atoms with Crippen molar-refractivity contribution in [2.75, 3.05) is 0 Å². The second kappa shape index (κ2) is 4.22. The van der Waals surface area contributed by atoms with Gasteiger partial charge in [-0.3, -0.25) is 0 Å². The summed E-state index contributed by atoms with van der Waals surface area (Å²) in [6.07, 6.45) is 4.82. The maximum atomic E-state index is 10.0. The van der Waals surface area contributed by atoms with Gasteiger partial charge in [0.2, 0.25) is 0 Å². The van der Waals surface area contributed by atoms with Gasteiger partial charge in [-0.05, 0) is 60.4 Å². The predicted molar refractivity (Wildman–Crippen MR) is 79.0 cm³/mol. The van der Waals surface area contributed by atoms with Crippen molar-refractivity contribution in [2.45, 2.75) is 25.4 Å². The Kier molecular flexibility index (Phi) is 2.50. The summed E-state index contributed by atoms with van der Waals surface area (Å²) in [7, 11) is 0. The summed E-state index contributed by atoms with van der Waals surface area (Å²) in [6, 6.07) is 10.8. The molecule has 0 spiro atoms. The maximum Gasteiger partial charge on any atom is 0.0807 e. The summed E-state index contributed by atoms with van der Waals surface area (Å²) < 4.78 is 3.55. The van der Waals surface area contributed by atoms with Gasteiger partial charge in [0.25, 0.3) is 0 Å². The fourth-order valence-corrected chi connectivity index (χ4v) is 3.78. The van der Waals surface area contributed by atoms with Gasteiger partial charge in [0.15, 0.2) is 0 Å². The zero-order valence-corrected chi connectivity index (χ0v) is 11.4. The molecule has 2 heterocycles. The monoisotopic (exact) mass is 269 g/mol. The van der Waals surface area contributed by atoms with Crippen molar-refractivity contribution in [2.24, 2.45) is 0 Å². The van der Waals surface area contributed by atoms with Crippen LogP contribution in [0, 0.1) is 0 Å². The minimum absolute atomic E-state index is 0.283. The molecule has 1 aliphatic rings. The van der Waals surface area contributed by atoms with Crippen LogP contribution < -0.4 is 0 Å². The van der Waals surface area contributed by atoms with E-state index in [1.165, 1.54) is 21.5 Å². The first-order chi connectivity index (χ1) is 9.33. The number of aromatic nitrogens is 1. The first-order valence-electron chi connectivity index (χ1n) is 6.69. The van der Waals surface area contributed by atoms with Crippen molar-refractivity contribution in [3.8, 4) is 5.69 Å². The Morgan fingerprint density at radius 2 is 2.16 bits per heavy atom. The van der Waals surface area contributed by atoms with Gasteiger partial charge in [0.05, 0.1) is 6.10 Å². The van der Waals surface area contributed by atoms with E-state index in [4.69, 9.17) is 0 Å². The second-order valence-corrected chi connectivity index (χ2v) is 6.09. The molecule has 3 aromatic rings. The zero-order valence-electron chi connectivity index (χ0n) is 10.5. The third-order valence-corrected chi connectivity index (χ3v) is 4.89. The van der Waals surface area contributed by atoms with Crippen molar-refractivity contribution in [3.05, 3.63) is 53.2 Å². The van der Waals surface area contributed by atoms with Gasteiger partial charge in [-0.2, -0.15) is 0 Å². The van der Waals surface area contributed by atoms with Gasteiger partial charge in [-0.1, -0.05) is 0 Å². The molecule has 1 aliphatic carbocycles. The lowest BCUT2D eigenvalue weighted by Gasteiger charge is -2.20. The number of rotatable bonds is 1. The Morgan fingerprint density at radius 1 is 1.21 bits per heavy atom. The summed E-state index contributed by atoms with van der Waals surface area (Å²) in [4.78, 5) is 0. The number of nitrogens with zero attached hydrogens (tertiary/aromatic N) is 1. The molecule has 1 aromatic carbocycles. The fraction of sp³-hybridized carbons (Fsp3) is 0.250. The van der Waals surface area contributed by atoms with E-state index in [-0.39, 0.29) is 6.10 Å². The minimum atomic E-state index is -0.283. The Labute approximate surface area is 115 Å². The Bertz CT molecular complexity index is 740. The molecule has 0 radical (unpaired) electrons. The third kappa shape index (κ3) is 1.73. The highest BCUT2D eigenvalue weighted by Crippen LogP contribution is 2.33. The van der Waals surface area contributed by atoms with E-state index in [1.807, 2.05) is 0 Å². The molecule has 19 heavy (non-hydrogen) atoms. The first kappa shape index (κ1) is 11.3. The van der Waals surface area contributed by atoms with Gasteiger partial charge >= 0.3 is 0 Å². The smallest absolute Gasteiger partial charge is 0.0807 e. The highest BCUT2D eigenvalue weighted by atomic mass is 32.1. The maximum absolute atomic E-state index is 10.0. The number of thiophene rings is 1. The number of aliphatic hydroxyl groups is 1. The summed E-state index contributed by atoms with van der Waals surface area (Å²) in [5.41, 5.74) is 3.58. The molecule has 2 aromatic heterocycles. The average Bonchev–Trinajstić information content (AvgIpc) is 3.04. The van der Waals surface area contributed by atoms with Crippen LogP contribution in [0.2, 0.25) is 0 Å². The molecule has 0 fully saturated rings. The number of benzene rings is 1. The molecule has 1 unspecified atom stereocenters. The molecular formula is C16H15NOS. The summed E-state index contributed by atoms with van der Waals surface area (Å²) in [5.74, 6) is 0. The molecule has 0 amide bonds. The van der Waals surface area contributed by atoms with E-state index in [2.05, 4.69) is 46.5 Å². The fourth-order valence-electron chi connectivity index (χ4n) is 3.01. The zero-order chi connectivity index (χ0) is 12.8. The lowest BCUT2D eigenvalue weighted by molar-refractivity contribution is 0.156. The van der Waals surface area contributed by atoms with Crippen LogP contribution in [0.25, 0.3) is 15.8 Å². The second-order valence-electron chi connectivity index (χ2n) is 5.14. The van der Waals surface area contributed by atoms with Crippen LogP contribution in [0.15, 0.2) is 41.9 Å². The average molecular weight is 269 g/mol. The van der Waals surface area contributed by atoms with E-state index in [0.29, 0.717) is 0 Å². The number of hydrogen-bond acceptors (Lipinski definition) is 2. The Hall–Kier alpha value is -1.58. The van der Waals surface area contributed by atoms with Crippen LogP contribution in [0.5, 0.6) is 0 Å². The molecule has 2 nitrogen and oxygen atoms in total. The third-order valence-electron chi connectivity index (χ3n) is 3.99. The van der Waals surface area contributed by atoms with Crippen molar-refractivity contribution in [1.82, 2.24) is 4.57 Å². The van der Waals surface area contributed by atoms with Crippen molar-refractivity contribution < 1.29 is 5.11 Å². The van der Waals surface area contributed by atoms with Crippen LogP contribution in [0.3, 0.4) is 0 Å². The van der Waals surface area contributed by atoms with Crippen LogP contribution in [0.1, 0.15) is 30.2 Å². The topological polar surface area (TPSA) is 25.2 Å².